The Hall–Kier alpha value is -3.70. The van der Waals surface area contributed by atoms with E-state index >= 15 is 0 Å². The van der Waals surface area contributed by atoms with Crippen LogP contribution in [-0.2, 0) is 16.4 Å². The van der Waals surface area contributed by atoms with Crippen LogP contribution < -0.4 is 16.0 Å². The summed E-state index contributed by atoms with van der Waals surface area (Å²) in [5.74, 6) is 0.178. The standard InChI is InChI=1S/C33H42N2O8S/c1-5-8-12-25-28(29-26(35(25)44(4,39)40)17-18-27-31(29)43-33(38)32(37)42-27)30(36)23-13-15-24(16-14-23)41-22-11-21-34(19-9-6-2)20-10-7-3/h13-18H,5-12,19-22H2,1-4H3. The van der Waals surface area contributed by atoms with Crippen LogP contribution in [0.1, 0.15) is 87.3 Å². The van der Waals surface area contributed by atoms with Crippen molar-refractivity contribution in [1.29, 1.82) is 0 Å². The van der Waals surface area contributed by atoms with Crippen LogP contribution in [0.5, 0.6) is 5.75 Å². The molecule has 0 saturated carbocycles. The number of rotatable bonds is 17. The van der Waals surface area contributed by atoms with Gasteiger partial charge in [-0.15, -0.1) is 0 Å². The Morgan fingerprint density at radius 2 is 1.45 bits per heavy atom. The molecule has 0 fully saturated rings. The third kappa shape index (κ3) is 7.50. The molecule has 11 heteroatoms. The summed E-state index contributed by atoms with van der Waals surface area (Å²) in [4.78, 5) is 40.7. The van der Waals surface area contributed by atoms with Gasteiger partial charge in [0, 0.05) is 17.8 Å². The first-order valence-corrected chi connectivity index (χ1v) is 17.3. The van der Waals surface area contributed by atoms with Crippen LogP contribution >= 0.6 is 0 Å². The number of carbonyl (C=O) groups excluding carboxylic acids is 1. The first kappa shape index (κ1) is 33.2. The second kappa shape index (κ2) is 14.9. The summed E-state index contributed by atoms with van der Waals surface area (Å²) in [7, 11) is -3.88. The average molecular weight is 627 g/mol. The van der Waals surface area contributed by atoms with E-state index in [1.807, 2.05) is 6.92 Å². The van der Waals surface area contributed by atoms with Crippen LogP contribution in [0.15, 0.2) is 54.8 Å². The summed E-state index contributed by atoms with van der Waals surface area (Å²) in [5, 5.41) is 0.112. The molecule has 2 heterocycles. The lowest BCUT2D eigenvalue weighted by molar-refractivity contribution is 0.103. The number of benzene rings is 2. The summed E-state index contributed by atoms with van der Waals surface area (Å²) in [5.41, 5.74) is -1.79. The number of hydrogen-bond acceptors (Lipinski definition) is 9. The van der Waals surface area contributed by atoms with Gasteiger partial charge in [-0.3, -0.25) is 4.79 Å². The molecule has 2 aromatic carbocycles. The number of nitrogens with zero attached hydrogens (tertiary/aromatic N) is 2. The molecule has 0 aliphatic carbocycles. The summed E-state index contributed by atoms with van der Waals surface area (Å²) < 4.78 is 43.6. The van der Waals surface area contributed by atoms with Crippen molar-refractivity contribution < 1.29 is 26.8 Å². The number of hydrogen-bond donors (Lipinski definition) is 0. The van der Waals surface area contributed by atoms with Crippen molar-refractivity contribution in [3.63, 3.8) is 0 Å². The Morgan fingerprint density at radius 1 is 0.841 bits per heavy atom. The minimum atomic E-state index is -3.88. The number of fused-ring (bicyclic) bond motifs is 3. The molecule has 0 amide bonds. The van der Waals surface area contributed by atoms with Gasteiger partial charge in [0.2, 0.25) is 10.0 Å². The zero-order valence-corrected chi connectivity index (χ0v) is 26.8. The molecule has 0 N–H and O–H groups in total. The van der Waals surface area contributed by atoms with E-state index in [0.717, 1.165) is 42.7 Å². The predicted molar refractivity (Wildman–Crippen MR) is 172 cm³/mol. The molecule has 0 aliphatic heterocycles. The fourth-order valence-corrected chi connectivity index (χ4v) is 6.52. The lowest BCUT2D eigenvalue weighted by atomic mass is 9.97. The molecule has 0 atom stereocenters. The van der Waals surface area contributed by atoms with Crippen LogP contribution in [0.25, 0.3) is 22.1 Å². The van der Waals surface area contributed by atoms with Crippen molar-refractivity contribution in [2.75, 3.05) is 32.5 Å². The molecule has 0 saturated heterocycles. The molecule has 0 spiro atoms. The van der Waals surface area contributed by atoms with E-state index in [1.165, 1.54) is 37.8 Å². The average Bonchev–Trinajstić information content (AvgIpc) is 3.35. The van der Waals surface area contributed by atoms with E-state index < -0.39 is 27.1 Å². The molecule has 2 aromatic heterocycles. The van der Waals surface area contributed by atoms with Gasteiger partial charge in [0.1, 0.15) is 5.75 Å². The Bertz CT molecular complexity index is 1810. The van der Waals surface area contributed by atoms with E-state index in [-0.39, 0.29) is 39.7 Å². The molecule has 4 rings (SSSR count). The largest absolute Gasteiger partial charge is 0.494 e. The summed E-state index contributed by atoms with van der Waals surface area (Å²) in [6, 6.07) is 9.54. The molecule has 0 bridgehead atoms. The first-order valence-electron chi connectivity index (χ1n) is 15.4. The summed E-state index contributed by atoms with van der Waals surface area (Å²) in [6.45, 7) is 10.1. The number of aromatic nitrogens is 1. The van der Waals surface area contributed by atoms with E-state index in [9.17, 15) is 22.8 Å². The van der Waals surface area contributed by atoms with Crippen molar-refractivity contribution in [2.24, 2.45) is 0 Å². The molecule has 0 unspecified atom stereocenters. The fourth-order valence-electron chi connectivity index (χ4n) is 5.43. The van der Waals surface area contributed by atoms with Crippen molar-refractivity contribution in [2.45, 2.75) is 72.1 Å². The molecule has 0 radical (unpaired) electrons. The van der Waals surface area contributed by atoms with Crippen LogP contribution in [0.3, 0.4) is 0 Å². The lowest BCUT2D eigenvalue weighted by Crippen LogP contribution is -2.28. The number of carbonyl (C=O) groups is 1. The Kier molecular flexibility index (Phi) is 11.2. The predicted octanol–water partition coefficient (Wildman–Crippen LogP) is 5.75. The number of ether oxygens (including phenoxy) is 1. The maximum absolute atomic E-state index is 14.1. The zero-order chi connectivity index (χ0) is 31.9. The number of unbranched alkanes of at least 4 members (excludes halogenated alkanes) is 3. The third-order valence-corrected chi connectivity index (χ3v) is 8.73. The molecule has 4 aromatic rings. The maximum atomic E-state index is 14.1. The van der Waals surface area contributed by atoms with Crippen LogP contribution in [-0.4, -0.2) is 55.6 Å². The van der Waals surface area contributed by atoms with Crippen LogP contribution in [0.2, 0.25) is 0 Å². The maximum Gasteiger partial charge on any atom is 0.423 e. The fraction of sp³-hybridized carbons (Fsp3) is 0.485. The summed E-state index contributed by atoms with van der Waals surface area (Å²) in [6.07, 6.45) is 8.29. The molecule has 238 valence electrons. The van der Waals surface area contributed by atoms with Gasteiger partial charge in [-0.25, -0.2) is 22.0 Å². The smallest absolute Gasteiger partial charge is 0.423 e. The van der Waals surface area contributed by atoms with Crippen molar-refractivity contribution in [1.82, 2.24) is 8.87 Å². The Labute approximate surface area is 257 Å². The number of ketones is 1. The highest BCUT2D eigenvalue weighted by atomic mass is 32.2. The molecule has 0 aliphatic rings. The Balaban J connectivity index is 1.67. The Morgan fingerprint density at radius 3 is 2.07 bits per heavy atom. The first-order chi connectivity index (χ1) is 21.1. The SMILES string of the molecule is CCCCc1c(C(=O)c2ccc(OCCCN(CCCC)CCCC)cc2)c2c3oc(=O)c(=O)oc3ccc2n1S(C)(=O)=O. The molecular formula is C33H42N2O8S. The van der Waals surface area contributed by atoms with Crippen molar-refractivity contribution >= 4 is 37.9 Å². The highest BCUT2D eigenvalue weighted by Gasteiger charge is 2.30. The van der Waals surface area contributed by atoms with E-state index in [0.29, 0.717) is 24.3 Å². The van der Waals surface area contributed by atoms with E-state index in [1.54, 1.807) is 24.3 Å². The molecule has 44 heavy (non-hydrogen) atoms. The molecule has 10 nitrogen and oxygen atoms in total. The third-order valence-electron chi connectivity index (χ3n) is 7.65. The monoisotopic (exact) mass is 626 g/mol. The topological polar surface area (TPSA) is 129 Å². The van der Waals surface area contributed by atoms with Gasteiger partial charge < -0.3 is 18.5 Å². The van der Waals surface area contributed by atoms with Crippen LogP contribution in [0, 0.1) is 0 Å². The van der Waals surface area contributed by atoms with E-state index in [2.05, 4.69) is 18.7 Å². The molecular weight excluding hydrogens is 584 g/mol. The van der Waals surface area contributed by atoms with Crippen molar-refractivity contribution in [3.8, 4) is 5.75 Å². The second-order valence-corrected chi connectivity index (χ2v) is 13.0. The highest BCUT2D eigenvalue weighted by Crippen LogP contribution is 2.35. The minimum absolute atomic E-state index is 0.0597. The minimum Gasteiger partial charge on any atom is -0.494 e. The van der Waals surface area contributed by atoms with Gasteiger partial charge in [-0.2, -0.15) is 0 Å². The van der Waals surface area contributed by atoms with Gasteiger partial charge in [0.25, 0.3) is 0 Å². The van der Waals surface area contributed by atoms with Crippen molar-refractivity contribution in [3.05, 3.63) is 74.1 Å². The zero-order valence-electron chi connectivity index (χ0n) is 26.0. The van der Waals surface area contributed by atoms with Gasteiger partial charge >= 0.3 is 11.3 Å². The van der Waals surface area contributed by atoms with Gasteiger partial charge in [0.15, 0.2) is 16.9 Å². The summed E-state index contributed by atoms with van der Waals surface area (Å²) >= 11 is 0. The normalized spacial score (nSPS) is 12.0. The van der Waals surface area contributed by atoms with Gasteiger partial charge in [-0.05, 0) is 81.6 Å². The van der Waals surface area contributed by atoms with E-state index in [4.69, 9.17) is 13.6 Å². The van der Waals surface area contributed by atoms with Gasteiger partial charge in [0.05, 0.1) is 29.3 Å². The van der Waals surface area contributed by atoms with Crippen LogP contribution in [0.4, 0.5) is 0 Å². The second-order valence-electron chi connectivity index (χ2n) is 11.1. The lowest BCUT2D eigenvalue weighted by Gasteiger charge is -2.21. The quantitative estimate of drug-likeness (QED) is 0.0817. The van der Waals surface area contributed by atoms with Gasteiger partial charge in [-0.1, -0.05) is 40.0 Å². The highest BCUT2D eigenvalue weighted by molar-refractivity contribution is 7.89.